The first kappa shape index (κ1) is 19.3. The molecule has 0 atom stereocenters. The van der Waals surface area contributed by atoms with Gasteiger partial charge in [0, 0.05) is 36.1 Å². The van der Waals surface area contributed by atoms with E-state index in [2.05, 4.69) is 22.4 Å². The highest BCUT2D eigenvalue weighted by atomic mass is 16.1. The molecule has 0 aliphatic rings. The lowest BCUT2D eigenvalue weighted by molar-refractivity contribution is -0.116. The van der Waals surface area contributed by atoms with Crippen molar-refractivity contribution in [2.75, 3.05) is 0 Å². The van der Waals surface area contributed by atoms with Crippen LogP contribution in [-0.2, 0) is 17.9 Å². The molecule has 5 nitrogen and oxygen atoms in total. The SMILES string of the molecule is O=C(C=Cc1ccccn1)NCc1cn(Cc2ccccc2)nc1-c1ccccc1. The monoisotopic (exact) mass is 394 g/mol. The smallest absolute Gasteiger partial charge is 0.244 e. The molecule has 0 radical (unpaired) electrons. The maximum atomic E-state index is 12.3. The quantitative estimate of drug-likeness (QED) is 0.475. The van der Waals surface area contributed by atoms with Crippen molar-refractivity contribution in [1.82, 2.24) is 20.1 Å². The molecule has 2 aromatic heterocycles. The summed E-state index contributed by atoms with van der Waals surface area (Å²) >= 11 is 0. The molecule has 4 rings (SSSR count). The van der Waals surface area contributed by atoms with Gasteiger partial charge in [-0.25, -0.2) is 0 Å². The second-order valence-corrected chi connectivity index (χ2v) is 6.86. The predicted molar refractivity (Wildman–Crippen MR) is 118 cm³/mol. The van der Waals surface area contributed by atoms with Gasteiger partial charge in [-0.05, 0) is 23.8 Å². The minimum Gasteiger partial charge on any atom is -0.348 e. The molecule has 4 aromatic rings. The Hall–Kier alpha value is -3.99. The van der Waals surface area contributed by atoms with Crippen molar-refractivity contribution in [3.63, 3.8) is 0 Å². The van der Waals surface area contributed by atoms with E-state index in [0.29, 0.717) is 13.1 Å². The maximum absolute atomic E-state index is 12.3. The van der Waals surface area contributed by atoms with Gasteiger partial charge in [0.2, 0.25) is 5.91 Å². The Morgan fingerprint density at radius 2 is 1.67 bits per heavy atom. The van der Waals surface area contributed by atoms with Gasteiger partial charge in [-0.2, -0.15) is 5.10 Å². The fraction of sp³-hybridized carbons (Fsp3) is 0.0800. The summed E-state index contributed by atoms with van der Waals surface area (Å²) in [7, 11) is 0. The molecule has 0 saturated heterocycles. The molecule has 1 amide bonds. The Labute approximate surface area is 175 Å². The van der Waals surface area contributed by atoms with Crippen molar-refractivity contribution >= 4 is 12.0 Å². The standard InChI is InChI=1S/C25H22N4O/c30-24(15-14-23-13-7-8-16-26-23)27-17-22-19-29(18-20-9-3-1-4-10-20)28-25(22)21-11-5-2-6-12-21/h1-16,19H,17-18H2,(H,27,30). The molecule has 1 N–H and O–H groups in total. The number of nitrogens with zero attached hydrogens (tertiary/aromatic N) is 3. The van der Waals surface area contributed by atoms with Crippen molar-refractivity contribution in [2.45, 2.75) is 13.1 Å². The van der Waals surface area contributed by atoms with Crippen molar-refractivity contribution in [3.05, 3.63) is 114 Å². The third-order valence-electron chi connectivity index (χ3n) is 4.62. The van der Waals surface area contributed by atoms with E-state index >= 15 is 0 Å². The largest absolute Gasteiger partial charge is 0.348 e. The molecule has 0 fully saturated rings. The van der Waals surface area contributed by atoms with Gasteiger partial charge in [-0.1, -0.05) is 66.7 Å². The molecule has 2 heterocycles. The van der Waals surface area contributed by atoms with Crippen LogP contribution in [0.4, 0.5) is 0 Å². The van der Waals surface area contributed by atoms with Gasteiger partial charge < -0.3 is 5.32 Å². The highest BCUT2D eigenvalue weighted by Crippen LogP contribution is 2.22. The third-order valence-corrected chi connectivity index (χ3v) is 4.62. The lowest BCUT2D eigenvalue weighted by Crippen LogP contribution is -2.20. The Morgan fingerprint density at radius 3 is 2.40 bits per heavy atom. The zero-order valence-corrected chi connectivity index (χ0v) is 16.5. The fourth-order valence-electron chi connectivity index (χ4n) is 3.16. The van der Waals surface area contributed by atoms with Crippen LogP contribution in [0, 0.1) is 0 Å². The highest BCUT2D eigenvalue weighted by molar-refractivity contribution is 5.91. The van der Waals surface area contributed by atoms with E-state index < -0.39 is 0 Å². The number of rotatable bonds is 7. The molecule has 148 valence electrons. The van der Waals surface area contributed by atoms with Crippen LogP contribution in [0.2, 0.25) is 0 Å². The summed E-state index contributed by atoms with van der Waals surface area (Å²) in [4.78, 5) is 16.5. The molecule has 0 unspecified atom stereocenters. The summed E-state index contributed by atoms with van der Waals surface area (Å²) in [5.74, 6) is -0.171. The van der Waals surface area contributed by atoms with Crippen molar-refractivity contribution < 1.29 is 4.79 Å². The van der Waals surface area contributed by atoms with Crippen molar-refractivity contribution in [3.8, 4) is 11.3 Å². The topological polar surface area (TPSA) is 59.8 Å². The summed E-state index contributed by atoms with van der Waals surface area (Å²) in [5, 5.41) is 7.73. The first-order valence-electron chi connectivity index (χ1n) is 9.80. The van der Waals surface area contributed by atoms with Gasteiger partial charge in [-0.3, -0.25) is 14.5 Å². The van der Waals surface area contributed by atoms with E-state index in [1.807, 2.05) is 77.6 Å². The number of pyridine rings is 1. The number of amides is 1. The van der Waals surface area contributed by atoms with E-state index in [0.717, 1.165) is 22.5 Å². The van der Waals surface area contributed by atoms with Gasteiger partial charge in [-0.15, -0.1) is 0 Å². The zero-order valence-electron chi connectivity index (χ0n) is 16.5. The molecule has 5 heteroatoms. The second kappa shape index (κ2) is 9.47. The average Bonchev–Trinajstić information content (AvgIpc) is 3.21. The normalized spacial score (nSPS) is 10.9. The van der Waals surface area contributed by atoms with Gasteiger partial charge >= 0.3 is 0 Å². The number of hydrogen-bond donors (Lipinski definition) is 1. The summed E-state index contributed by atoms with van der Waals surface area (Å²) in [6, 6.07) is 25.8. The Kier molecular flexibility index (Phi) is 6.11. The summed E-state index contributed by atoms with van der Waals surface area (Å²) in [6.07, 6.45) is 6.90. The molecular formula is C25H22N4O. The molecule has 0 aliphatic carbocycles. The van der Waals surface area contributed by atoms with Gasteiger partial charge in [0.1, 0.15) is 0 Å². The maximum Gasteiger partial charge on any atom is 0.244 e. The Morgan fingerprint density at radius 1 is 0.933 bits per heavy atom. The summed E-state index contributed by atoms with van der Waals surface area (Å²) in [6.45, 7) is 1.07. The van der Waals surface area contributed by atoms with E-state index in [1.165, 1.54) is 11.6 Å². The van der Waals surface area contributed by atoms with Crippen LogP contribution in [0.15, 0.2) is 97.3 Å². The minimum absolute atomic E-state index is 0.171. The molecule has 2 aromatic carbocycles. The number of carbonyl (C=O) groups is 1. The van der Waals surface area contributed by atoms with E-state index in [9.17, 15) is 4.79 Å². The van der Waals surface area contributed by atoms with Crippen LogP contribution >= 0.6 is 0 Å². The number of aromatic nitrogens is 3. The third kappa shape index (κ3) is 5.08. The molecule has 0 spiro atoms. The first-order valence-corrected chi connectivity index (χ1v) is 9.80. The van der Waals surface area contributed by atoms with Crippen LogP contribution in [0.1, 0.15) is 16.8 Å². The lowest BCUT2D eigenvalue weighted by atomic mass is 10.1. The van der Waals surface area contributed by atoms with E-state index in [-0.39, 0.29) is 5.91 Å². The van der Waals surface area contributed by atoms with Gasteiger partial charge in [0.05, 0.1) is 17.9 Å². The van der Waals surface area contributed by atoms with Crippen LogP contribution in [0.25, 0.3) is 17.3 Å². The second-order valence-electron chi connectivity index (χ2n) is 6.86. The van der Waals surface area contributed by atoms with Gasteiger partial charge in [0.15, 0.2) is 0 Å². The zero-order chi connectivity index (χ0) is 20.6. The van der Waals surface area contributed by atoms with Crippen molar-refractivity contribution in [2.24, 2.45) is 0 Å². The fourth-order valence-corrected chi connectivity index (χ4v) is 3.16. The number of carbonyl (C=O) groups excluding carboxylic acids is 1. The molecule has 0 saturated carbocycles. The molecule has 30 heavy (non-hydrogen) atoms. The lowest BCUT2D eigenvalue weighted by Gasteiger charge is -2.03. The molecule has 0 bridgehead atoms. The first-order chi connectivity index (χ1) is 14.8. The Balaban J connectivity index is 1.50. The van der Waals surface area contributed by atoms with E-state index in [1.54, 1.807) is 12.3 Å². The van der Waals surface area contributed by atoms with E-state index in [4.69, 9.17) is 5.10 Å². The van der Waals surface area contributed by atoms with Gasteiger partial charge in [0.25, 0.3) is 0 Å². The van der Waals surface area contributed by atoms with Crippen molar-refractivity contribution in [1.29, 1.82) is 0 Å². The number of benzene rings is 2. The molecule has 0 aliphatic heterocycles. The predicted octanol–water partition coefficient (Wildman–Crippen LogP) is 4.32. The van der Waals surface area contributed by atoms with Crippen LogP contribution < -0.4 is 5.32 Å². The highest BCUT2D eigenvalue weighted by Gasteiger charge is 2.12. The number of hydrogen-bond acceptors (Lipinski definition) is 3. The van der Waals surface area contributed by atoms with Crippen LogP contribution in [0.3, 0.4) is 0 Å². The average molecular weight is 394 g/mol. The minimum atomic E-state index is -0.171. The summed E-state index contributed by atoms with van der Waals surface area (Å²) in [5.41, 5.74) is 4.79. The number of nitrogens with one attached hydrogen (secondary N) is 1. The van der Waals surface area contributed by atoms with Crippen LogP contribution in [0.5, 0.6) is 0 Å². The molecular weight excluding hydrogens is 372 g/mol. The van der Waals surface area contributed by atoms with Crippen LogP contribution in [-0.4, -0.2) is 20.7 Å². The summed E-state index contributed by atoms with van der Waals surface area (Å²) < 4.78 is 1.92. The Bertz CT molecular complexity index is 1120.